The Labute approximate surface area is 180 Å². The van der Waals surface area contributed by atoms with Gasteiger partial charge >= 0.3 is 0 Å². The Balaban J connectivity index is 1.58. The number of carbonyl (C=O) groups excluding carboxylic acids is 1. The molecule has 0 atom stereocenters. The van der Waals surface area contributed by atoms with Crippen molar-refractivity contribution in [2.75, 3.05) is 12.3 Å². The Bertz CT molecular complexity index is 1240. The normalized spacial score (nSPS) is 11.0. The molecule has 5 nitrogen and oxygen atoms in total. The number of para-hydroxylation sites is 2. The second kappa shape index (κ2) is 9.23. The van der Waals surface area contributed by atoms with Crippen LogP contribution in [0, 0.1) is 5.82 Å². The number of nitrogens with zero attached hydrogens (tertiary/aromatic N) is 2. The van der Waals surface area contributed by atoms with Crippen molar-refractivity contribution in [1.29, 1.82) is 0 Å². The molecule has 0 spiro atoms. The van der Waals surface area contributed by atoms with Crippen molar-refractivity contribution in [3.8, 4) is 5.69 Å². The van der Waals surface area contributed by atoms with Gasteiger partial charge in [-0.2, -0.15) is 0 Å². The summed E-state index contributed by atoms with van der Waals surface area (Å²) in [6.45, 7) is 0.533. The number of amides is 1. The predicted molar refractivity (Wildman–Crippen MR) is 119 cm³/mol. The quantitative estimate of drug-likeness (QED) is 0.349. The van der Waals surface area contributed by atoms with E-state index in [0.29, 0.717) is 17.4 Å². The molecule has 1 amide bonds. The van der Waals surface area contributed by atoms with E-state index in [9.17, 15) is 14.0 Å². The third-order valence-corrected chi connectivity index (χ3v) is 6.32. The van der Waals surface area contributed by atoms with Gasteiger partial charge in [0, 0.05) is 11.4 Å². The van der Waals surface area contributed by atoms with Crippen LogP contribution in [0.1, 0.15) is 4.88 Å². The molecule has 2 heterocycles. The summed E-state index contributed by atoms with van der Waals surface area (Å²) in [5.41, 5.74) is 0.253. The van der Waals surface area contributed by atoms with Crippen molar-refractivity contribution in [3.05, 3.63) is 87.1 Å². The maximum atomic E-state index is 14.5. The highest BCUT2D eigenvalue weighted by Gasteiger charge is 2.16. The van der Waals surface area contributed by atoms with E-state index in [1.165, 1.54) is 21.6 Å². The summed E-state index contributed by atoms with van der Waals surface area (Å²) in [5.74, 6) is -0.623. The fourth-order valence-electron chi connectivity index (χ4n) is 3.02. The van der Waals surface area contributed by atoms with E-state index in [1.807, 2.05) is 17.5 Å². The third-order valence-electron chi connectivity index (χ3n) is 4.44. The lowest BCUT2D eigenvalue weighted by molar-refractivity contribution is -0.118. The van der Waals surface area contributed by atoms with Gasteiger partial charge in [0.05, 0.1) is 22.3 Å². The van der Waals surface area contributed by atoms with Crippen molar-refractivity contribution < 1.29 is 9.18 Å². The fraction of sp³-hybridized carbons (Fsp3) is 0.136. The Morgan fingerprint density at radius 2 is 1.90 bits per heavy atom. The first-order valence-corrected chi connectivity index (χ1v) is 11.2. The number of thiophene rings is 1. The van der Waals surface area contributed by atoms with Gasteiger partial charge in [0.15, 0.2) is 5.16 Å². The number of rotatable bonds is 7. The maximum absolute atomic E-state index is 14.5. The number of carbonyl (C=O) groups is 1. The van der Waals surface area contributed by atoms with E-state index in [4.69, 9.17) is 0 Å². The number of nitrogens with one attached hydrogen (secondary N) is 1. The minimum atomic E-state index is -0.529. The molecule has 4 aromatic rings. The molecule has 0 aliphatic rings. The largest absolute Gasteiger partial charge is 0.355 e. The summed E-state index contributed by atoms with van der Waals surface area (Å²) in [5, 5.41) is 5.54. The van der Waals surface area contributed by atoms with Crippen molar-refractivity contribution in [1.82, 2.24) is 14.9 Å². The number of hydrogen-bond donors (Lipinski definition) is 1. The predicted octanol–water partition coefficient (Wildman–Crippen LogP) is 4.04. The second-order valence-electron chi connectivity index (χ2n) is 6.47. The standard InChI is InChI=1S/C22H18FN3O2S2/c23-17-8-2-4-10-19(17)26-21(28)16-7-1-3-9-18(16)25-22(26)30-14-20(27)24-12-11-15-6-5-13-29-15/h1-10,13H,11-12,14H2,(H,24,27). The molecule has 0 radical (unpaired) electrons. The highest BCUT2D eigenvalue weighted by Crippen LogP contribution is 2.22. The van der Waals surface area contributed by atoms with E-state index in [-0.39, 0.29) is 28.1 Å². The molecule has 2 aromatic carbocycles. The van der Waals surface area contributed by atoms with Gasteiger partial charge in [-0.25, -0.2) is 9.37 Å². The molecular formula is C22H18FN3O2S2. The first-order chi connectivity index (χ1) is 14.6. The van der Waals surface area contributed by atoms with Crippen LogP contribution in [-0.2, 0) is 11.2 Å². The Morgan fingerprint density at radius 1 is 1.10 bits per heavy atom. The van der Waals surface area contributed by atoms with Crippen LogP contribution in [0.2, 0.25) is 0 Å². The first kappa shape index (κ1) is 20.3. The van der Waals surface area contributed by atoms with Crippen molar-refractivity contribution in [2.45, 2.75) is 11.6 Å². The molecule has 0 fully saturated rings. The van der Waals surface area contributed by atoms with Gasteiger partial charge in [-0.1, -0.05) is 42.1 Å². The van der Waals surface area contributed by atoms with Crippen molar-refractivity contribution >= 4 is 39.9 Å². The number of aromatic nitrogens is 2. The van der Waals surface area contributed by atoms with E-state index < -0.39 is 5.82 Å². The average Bonchev–Trinajstić information content (AvgIpc) is 3.27. The number of halogens is 1. The fourth-order valence-corrected chi connectivity index (χ4v) is 4.56. The van der Waals surface area contributed by atoms with Crippen LogP contribution in [0.15, 0.2) is 76.0 Å². The first-order valence-electron chi connectivity index (χ1n) is 9.32. The Kier molecular flexibility index (Phi) is 6.25. The highest BCUT2D eigenvalue weighted by atomic mass is 32.2. The SMILES string of the molecule is O=C(CSc1nc2ccccc2c(=O)n1-c1ccccc1F)NCCc1cccs1. The van der Waals surface area contributed by atoms with E-state index in [0.717, 1.165) is 18.2 Å². The number of benzene rings is 2. The lowest BCUT2D eigenvalue weighted by Crippen LogP contribution is -2.28. The van der Waals surface area contributed by atoms with Gasteiger partial charge in [0.2, 0.25) is 5.91 Å². The zero-order valence-corrected chi connectivity index (χ0v) is 17.5. The molecule has 1 N–H and O–H groups in total. The lowest BCUT2D eigenvalue weighted by Gasteiger charge is -2.13. The van der Waals surface area contributed by atoms with E-state index in [2.05, 4.69) is 10.3 Å². The summed E-state index contributed by atoms with van der Waals surface area (Å²) >= 11 is 2.76. The van der Waals surface area contributed by atoms with Crippen LogP contribution in [0.5, 0.6) is 0 Å². The maximum Gasteiger partial charge on any atom is 0.266 e. The molecule has 2 aromatic heterocycles. The van der Waals surface area contributed by atoms with Crippen LogP contribution >= 0.6 is 23.1 Å². The highest BCUT2D eigenvalue weighted by molar-refractivity contribution is 7.99. The minimum absolute atomic E-state index is 0.0731. The van der Waals surface area contributed by atoms with Gasteiger partial charge in [0.25, 0.3) is 5.56 Å². The summed E-state index contributed by atoms with van der Waals surface area (Å²) < 4.78 is 15.7. The summed E-state index contributed by atoms with van der Waals surface area (Å²) in [7, 11) is 0. The molecule has 8 heteroatoms. The van der Waals surface area contributed by atoms with E-state index in [1.54, 1.807) is 47.7 Å². The Morgan fingerprint density at radius 3 is 2.70 bits per heavy atom. The second-order valence-corrected chi connectivity index (χ2v) is 8.45. The molecule has 0 unspecified atom stereocenters. The molecule has 30 heavy (non-hydrogen) atoms. The molecule has 0 aliphatic heterocycles. The van der Waals surface area contributed by atoms with Crippen LogP contribution in [0.3, 0.4) is 0 Å². The van der Waals surface area contributed by atoms with Crippen LogP contribution in [-0.4, -0.2) is 27.8 Å². The smallest absolute Gasteiger partial charge is 0.266 e. The lowest BCUT2D eigenvalue weighted by atomic mass is 10.2. The average molecular weight is 440 g/mol. The summed E-state index contributed by atoms with van der Waals surface area (Å²) in [4.78, 5) is 31.1. The molecular weight excluding hydrogens is 421 g/mol. The summed E-state index contributed by atoms with van der Waals surface area (Å²) in [6, 6.07) is 17.0. The number of fused-ring (bicyclic) bond motifs is 1. The van der Waals surface area contributed by atoms with Crippen LogP contribution < -0.4 is 10.9 Å². The van der Waals surface area contributed by atoms with Crippen molar-refractivity contribution in [3.63, 3.8) is 0 Å². The van der Waals surface area contributed by atoms with Gasteiger partial charge in [-0.15, -0.1) is 11.3 Å². The number of thioether (sulfide) groups is 1. The number of hydrogen-bond acceptors (Lipinski definition) is 5. The van der Waals surface area contributed by atoms with Crippen LogP contribution in [0.25, 0.3) is 16.6 Å². The molecule has 0 saturated heterocycles. The van der Waals surface area contributed by atoms with Gasteiger partial charge in [-0.05, 0) is 42.1 Å². The van der Waals surface area contributed by atoms with Crippen LogP contribution in [0.4, 0.5) is 4.39 Å². The van der Waals surface area contributed by atoms with E-state index >= 15 is 0 Å². The van der Waals surface area contributed by atoms with Crippen molar-refractivity contribution in [2.24, 2.45) is 0 Å². The van der Waals surface area contributed by atoms with Gasteiger partial charge < -0.3 is 5.32 Å². The monoisotopic (exact) mass is 439 g/mol. The topological polar surface area (TPSA) is 64.0 Å². The van der Waals surface area contributed by atoms with Gasteiger partial charge in [-0.3, -0.25) is 14.2 Å². The molecule has 0 bridgehead atoms. The molecule has 4 rings (SSSR count). The molecule has 152 valence electrons. The Hall–Kier alpha value is -2.97. The zero-order chi connectivity index (χ0) is 20.9. The third kappa shape index (κ3) is 4.44. The molecule has 0 saturated carbocycles. The van der Waals surface area contributed by atoms with Gasteiger partial charge in [0.1, 0.15) is 5.82 Å². The minimum Gasteiger partial charge on any atom is -0.355 e. The molecule has 0 aliphatic carbocycles. The summed E-state index contributed by atoms with van der Waals surface area (Å²) in [6.07, 6.45) is 0.766. The zero-order valence-electron chi connectivity index (χ0n) is 15.9.